The molecule has 3 aromatic carbocycles. The van der Waals surface area contributed by atoms with Crippen LogP contribution in [0.2, 0.25) is 0 Å². The maximum absolute atomic E-state index is 10.9. The number of carbonyl (C=O) groups is 1. The summed E-state index contributed by atoms with van der Waals surface area (Å²) in [6.45, 7) is 5.48. The molecule has 0 radical (unpaired) electrons. The maximum atomic E-state index is 10.9. The molecule has 0 unspecified atom stereocenters. The van der Waals surface area contributed by atoms with Crippen LogP contribution in [0.15, 0.2) is 79.0 Å². The normalized spacial score (nSPS) is 14.9. The molecule has 1 aliphatic heterocycles. The summed E-state index contributed by atoms with van der Waals surface area (Å²) in [5, 5.41) is 17.3. The zero-order chi connectivity index (χ0) is 24.9. The lowest BCUT2D eigenvalue weighted by molar-refractivity contribution is -0.131. The van der Waals surface area contributed by atoms with Crippen molar-refractivity contribution in [3.63, 3.8) is 0 Å². The van der Waals surface area contributed by atoms with E-state index in [1.807, 2.05) is 18.3 Å². The third-order valence-corrected chi connectivity index (χ3v) is 6.57. The van der Waals surface area contributed by atoms with Crippen molar-refractivity contribution in [2.75, 3.05) is 31.2 Å². The van der Waals surface area contributed by atoms with Gasteiger partial charge in [0, 0.05) is 30.2 Å². The summed E-state index contributed by atoms with van der Waals surface area (Å²) in [6, 6.07) is 23.2. The van der Waals surface area contributed by atoms with E-state index >= 15 is 0 Å². The molecule has 0 amide bonds. The Labute approximate surface area is 210 Å². The van der Waals surface area contributed by atoms with Crippen LogP contribution in [0.4, 0.5) is 5.69 Å². The van der Waals surface area contributed by atoms with Gasteiger partial charge in [-0.3, -0.25) is 5.10 Å². The molecule has 1 saturated heterocycles. The minimum Gasteiger partial charge on any atom is -0.478 e. The van der Waals surface area contributed by atoms with E-state index in [0.717, 1.165) is 72.0 Å². The molecule has 0 atom stereocenters. The van der Waals surface area contributed by atoms with E-state index in [9.17, 15) is 4.79 Å². The number of anilines is 1. The standard InChI is InChI=1S/C30H29N3O3/c1-2-27(23-4-3-5-26(19-23)33-14-16-36-17-15-33)30(24-11-12-28-25(18-24)20-31-32-28)22-9-6-21(7-10-22)8-13-29(34)35/h3-13,18-20H,2,14-17H2,1H3,(H,31,32)(H,34,35). The number of carboxylic acids is 1. The number of aliphatic carboxylic acids is 1. The molecule has 36 heavy (non-hydrogen) atoms. The summed E-state index contributed by atoms with van der Waals surface area (Å²) in [4.78, 5) is 13.3. The van der Waals surface area contributed by atoms with Crippen molar-refractivity contribution in [3.05, 3.63) is 101 Å². The van der Waals surface area contributed by atoms with E-state index in [2.05, 4.69) is 76.6 Å². The van der Waals surface area contributed by atoms with Gasteiger partial charge in [0.1, 0.15) is 0 Å². The van der Waals surface area contributed by atoms with Gasteiger partial charge >= 0.3 is 5.97 Å². The number of aromatic nitrogens is 2. The van der Waals surface area contributed by atoms with Gasteiger partial charge in [0.2, 0.25) is 0 Å². The van der Waals surface area contributed by atoms with Crippen molar-refractivity contribution in [1.82, 2.24) is 10.2 Å². The van der Waals surface area contributed by atoms with Crippen LogP contribution in [-0.2, 0) is 9.53 Å². The molecule has 1 aromatic heterocycles. The second kappa shape index (κ2) is 10.6. The molecule has 5 rings (SSSR count). The number of aromatic amines is 1. The fourth-order valence-corrected chi connectivity index (χ4v) is 4.78. The summed E-state index contributed by atoms with van der Waals surface area (Å²) < 4.78 is 5.55. The summed E-state index contributed by atoms with van der Waals surface area (Å²) in [7, 11) is 0. The fourth-order valence-electron chi connectivity index (χ4n) is 4.78. The number of benzene rings is 3. The van der Waals surface area contributed by atoms with Crippen LogP contribution in [0.1, 0.15) is 35.6 Å². The molecule has 0 aliphatic carbocycles. The van der Waals surface area contributed by atoms with Gasteiger partial charge in [-0.2, -0.15) is 5.10 Å². The summed E-state index contributed by atoms with van der Waals surface area (Å²) in [5.74, 6) is -0.957. The third kappa shape index (κ3) is 5.09. The second-order valence-corrected chi connectivity index (χ2v) is 8.82. The first-order valence-corrected chi connectivity index (χ1v) is 12.2. The van der Waals surface area contributed by atoms with Gasteiger partial charge in [0.05, 0.1) is 24.9 Å². The van der Waals surface area contributed by atoms with Gasteiger partial charge in [-0.1, -0.05) is 49.4 Å². The van der Waals surface area contributed by atoms with Crippen LogP contribution in [0.3, 0.4) is 0 Å². The predicted molar refractivity (Wildman–Crippen MR) is 145 cm³/mol. The Kier molecular flexibility index (Phi) is 6.96. The quantitative estimate of drug-likeness (QED) is 0.256. The van der Waals surface area contributed by atoms with E-state index in [1.165, 1.54) is 16.8 Å². The number of fused-ring (bicyclic) bond motifs is 1. The minimum atomic E-state index is -0.957. The molecule has 0 bridgehead atoms. The van der Waals surface area contributed by atoms with Crippen LogP contribution in [-0.4, -0.2) is 47.6 Å². The molecule has 2 heterocycles. The fraction of sp³-hybridized carbons (Fsp3) is 0.200. The maximum Gasteiger partial charge on any atom is 0.328 e. The zero-order valence-electron chi connectivity index (χ0n) is 20.3. The summed E-state index contributed by atoms with van der Waals surface area (Å²) in [5.41, 5.74) is 8.86. The highest BCUT2D eigenvalue weighted by atomic mass is 16.5. The number of hydrogen-bond acceptors (Lipinski definition) is 4. The first kappa shape index (κ1) is 23.6. The number of carboxylic acid groups (broad SMARTS) is 1. The molecular weight excluding hydrogens is 450 g/mol. The van der Waals surface area contributed by atoms with E-state index in [0.29, 0.717) is 0 Å². The van der Waals surface area contributed by atoms with Gasteiger partial charge < -0.3 is 14.7 Å². The number of H-pyrrole nitrogens is 1. The van der Waals surface area contributed by atoms with Crippen molar-refractivity contribution < 1.29 is 14.6 Å². The largest absolute Gasteiger partial charge is 0.478 e. The van der Waals surface area contributed by atoms with Crippen LogP contribution in [0.5, 0.6) is 0 Å². The molecule has 1 fully saturated rings. The topological polar surface area (TPSA) is 78.4 Å². The average molecular weight is 480 g/mol. The van der Waals surface area contributed by atoms with Crippen LogP contribution in [0.25, 0.3) is 28.1 Å². The molecule has 6 heteroatoms. The molecule has 4 aromatic rings. The Morgan fingerprint density at radius 3 is 2.56 bits per heavy atom. The molecular formula is C30H29N3O3. The number of hydrogen-bond donors (Lipinski definition) is 2. The Bertz CT molecular complexity index is 1430. The zero-order valence-corrected chi connectivity index (χ0v) is 20.3. The molecule has 6 nitrogen and oxygen atoms in total. The van der Waals surface area contributed by atoms with Gasteiger partial charge in [0.25, 0.3) is 0 Å². The van der Waals surface area contributed by atoms with Gasteiger partial charge in [0.15, 0.2) is 0 Å². The Balaban J connectivity index is 1.64. The Morgan fingerprint density at radius 1 is 1.03 bits per heavy atom. The second-order valence-electron chi connectivity index (χ2n) is 8.82. The van der Waals surface area contributed by atoms with Gasteiger partial charge in [-0.15, -0.1) is 0 Å². The van der Waals surface area contributed by atoms with Crippen LogP contribution < -0.4 is 4.90 Å². The SMILES string of the molecule is CCC(=C(c1ccc(C=CC(=O)O)cc1)c1ccc2[nH]ncc2c1)c1cccc(N2CCOCC2)c1. The highest BCUT2D eigenvalue weighted by Gasteiger charge is 2.16. The molecule has 1 aliphatic rings. The average Bonchev–Trinajstić information content (AvgIpc) is 3.39. The smallest absolute Gasteiger partial charge is 0.328 e. The molecule has 0 spiro atoms. The lowest BCUT2D eigenvalue weighted by Gasteiger charge is -2.29. The van der Waals surface area contributed by atoms with Gasteiger partial charge in [-0.05, 0) is 70.2 Å². The highest BCUT2D eigenvalue weighted by Crippen LogP contribution is 2.36. The number of morpholine rings is 1. The van der Waals surface area contributed by atoms with Crippen molar-refractivity contribution in [3.8, 4) is 0 Å². The van der Waals surface area contributed by atoms with Crippen molar-refractivity contribution in [1.29, 1.82) is 0 Å². The third-order valence-electron chi connectivity index (χ3n) is 6.57. The molecule has 0 saturated carbocycles. The van der Waals surface area contributed by atoms with Crippen molar-refractivity contribution in [2.24, 2.45) is 0 Å². The van der Waals surface area contributed by atoms with E-state index in [-0.39, 0.29) is 0 Å². The number of allylic oxidation sites excluding steroid dienone is 1. The van der Waals surface area contributed by atoms with Crippen molar-refractivity contribution in [2.45, 2.75) is 13.3 Å². The lowest BCUT2D eigenvalue weighted by Crippen LogP contribution is -2.36. The van der Waals surface area contributed by atoms with Crippen LogP contribution in [0, 0.1) is 0 Å². The van der Waals surface area contributed by atoms with E-state index in [4.69, 9.17) is 9.84 Å². The van der Waals surface area contributed by atoms with E-state index in [1.54, 1.807) is 6.08 Å². The Morgan fingerprint density at radius 2 is 1.81 bits per heavy atom. The number of ether oxygens (including phenoxy) is 1. The lowest BCUT2D eigenvalue weighted by atomic mass is 9.87. The number of rotatable bonds is 7. The monoisotopic (exact) mass is 479 g/mol. The predicted octanol–water partition coefficient (Wildman–Crippen LogP) is 5.87. The minimum absolute atomic E-state index is 0.749. The first-order valence-electron chi connectivity index (χ1n) is 12.2. The Hall–Kier alpha value is -4.16. The molecule has 182 valence electrons. The van der Waals surface area contributed by atoms with Crippen LogP contribution >= 0.6 is 0 Å². The van der Waals surface area contributed by atoms with Crippen molar-refractivity contribution >= 4 is 39.8 Å². The summed E-state index contributed by atoms with van der Waals surface area (Å²) >= 11 is 0. The van der Waals surface area contributed by atoms with E-state index < -0.39 is 5.97 Å². The highest BCUT2D eigenvalue weighted by molar-refractivity contribution is 6.00. The summed E-state index contributed by atoms with van der Waals surface area (Å²) in [6.07, 6.45) is 5.47. The number of nitrogens with one attached hydrogen (secondary N) is 1. The van der Waals surface area contributed by atoms with Gasteiger partial charge in [-0.25, -0.2) is 4.79 Å². The first-order chi connectivity index (χ1) is 17.6. The molecule has 2 N–H and O–H groups in total. The number of nitrogens with zero attached hydrogens (tertiary/aromatic N) is 2.